The number of benzene rings is 1. The first-order valence-corrected chi connectivity index (χ1v) is 6.85. The van der Waals surface area contributed by atoms with Crippen LogP contribution in [0.15, 0.2) is 36.4 Å². The third kappa shape index (κ3) is 4.23. The quantitative estimate of drug-likeness (QED) is 0.677. The van der Waals surface area contributed by atoms with Crippen molar-refractivity contribution in [3.05, 3.63) is 42.0 Å². The second kappa shape index (κ2) is 6.89. The van der Waals surface area contributed by atoms with E-state index >= 15 is 0 Å². The first-order chi connectivity index (χ1) is 9.65. The maximum Gasteiger partial charge on any atom is 0.338 e. The van der Waals surface area contributed by atoms with Crippen molar-refractivity contribution in [2.75, 3.05) is 11.9 Å². The SMILES string of the molecule is CC(=O)Nc1cccc(C(=O)OCC2CC=CCC2)c1. The Morgan fingerprint density at radius 3 is 2.90 bits per heavy atom. The Balaban J connectivity index is 1.91. The molecule has 20 heavy (non-hydrogen) atoms. The van der Waals surface area contributed by atoms with Crippen LogP contribution in [0.2, 0.25) is 0 Å². The highest BCUT2D eigenvalue weighted by Crippen LogP contribution is 2.19. The number of allylic oxidation sites excluding steroid dienone is 2. The van der Waals surface area contributed by atoms with E-state index in [4.69, 9.17) is 4.74 Å². The fourth-order valence-corrected chi connectivity index (χ4v) is 2.21. The average Bonchev–Trinajstić information content (AvgIpc) is 2.45. The molecule has 0 spiro atoms. The summed E-state index contributed by atoms with van der Waals surface area (Å²) in [6.07, 6.45) is 7.39. The number of esters is 1. The monoisotopic (exact) mass is 273 g/mol. The van der Waals surface area contributed by atoms with Gasteiger partial charge in [0.15, 0.2) is 0 Å². The normalized spacial score (nSPS) is 17.6. The van der Waals surface area contributed by atoms with Gasteiger partial charge in [0.25, 0.3) is 0 Å². The van der Waals surface area contributed by atoms with E-state index in [0.717, 1.165) is 19.3 Å². The zero-order chi connectivity index (χ0) is 14.4. The molecule has 0 aromatic heterocycles. The lowest BCUT2D eigenvalue weighted by molar-refractivity contribution is -0.114. The Bertz CT molecular complexity index is 522. The topological polar surface area (TPSA) is 55.4 Å². The molecule has 1 aromatic carbocycles. The number of nitrogens with one attached hydrogen (secondary N) is 1. The summed E-state index contributed by atoms with van der Waals surface area (Å²) in [5.74, 6) is -0.0845. The molecule has 0 radical (unpaired) electrons. The van der Waals surface area contributed by atoms with Crippen LogP contribution in [-0.4, -0.2) is 18.5 Å². The third-order valence-corrected chi connectivity index (χ3v) is 3.25. The average molecular weight is 273 g/mol. The number of ether oxygens (including phenoxy) is 1. The van der Waals surface area contributed by atoms with Gasteiger partial charge < -0.3 is 10.1 Å². The van der Waals surface area contributed by atoms with Crippen molar-refractivity contribution in [3.8, 4) is 0 Å². The molecule has 0 heterocycles. The molecule has 0 aliphatic heterocycles. The summed E-state index contributed by atoms with van der Waals surface area (Å²) >= 11 is 0. The minimum Gasteiger partial charge on any atom is -0.462 e. The predicted octanol–water partition coefficient (Wildman–Crippen LogP) is 3.16. The van der Waals surface area contributed by atoms with E-state index in [-0.39, 0.29) is 11.9 Å². The van der Waals surface area contributed by atoms with Gasteiger partial charge in [0.05, 0.1) is 12.2 Å². The van der Waals surface area contributed by atoms with Gasteiger partial charge in [-0.2, -0.15) is 0 Å². The zero-order valence-corrected chi connectivity index (χ0v) is 11.6. The highest BCUT2D eigenvalue weighted by atomic mass is 16.5. The summed E-state index contributed by atoms with van der Waals surface area (Å²) in [4.78, 5) is 23.0. The Morgan fingerprint density at radius 1 is 1.35 bits per heavy atom. The van der Waals surface area contributed by atoms with Gasteiger partial charge in [0.1, 0.15) is 0 Å². The summed E-state index contributed by atoms with van der Waals surface area (Å²) in [5, 5.41) is 2.65. The highest BCUT2D eigenvalue weighted by molar-refractivity contribution is 5.93. The second-order valence-electron chi connectivity index (χ2n) is 5.01. The fourth-order valence-electron chi connectivity index (χ4n) is 2.21. The lowest BCUT2D eigenvalue weighted by Gasteiger charge is -2.17. The van der Waals surface area contributed by atoms with E-state index in [2.05, 4.69) is 17.5 Å². The van der Waals surface area contributed by atoms with Crippen molar-refractivity contribution in [2.45, 2.75) is 26.2 Å². The van der Waals surface area contributed by atoms with Crippen LogP contribution in [0.5, 0.6) is 0 Å². The van der Waals surface area contributed by atoms with Crippen LogP contribution in [0.4, 0.5) is 5.69 Å². The van der Waals surface area contributed by atoms with Gasteiger partial charge in [0, 0.05) is 12.6 Å². The molecule has 1 aliphatic rings. The minimum absolute atomic E-state index is 0.162. The molecule has 2 rings (SSSR count). The van der Waals surface area contributed by atoms with Crippen molar-refractivity contribution in [2.24, 2.45) is 5.92 Å². The first-order valence-electron chi connectivity index (χ1n) is 6.85. The summed E-state index contributed by atoms with van der Waals surface area (Å²) in [6, 6.07) is 6.79. The van der Waals surface area contributed by atoms with Gasteiger partial charge in [-0.15, -0.1) is 0 Å². The summed E-state index contributed by atoms with van der Waals surface area (Å²) in [5.41, 5.74) is 1.06. The van der Waals surface area contributed by atoms with Crippen LogP contribution in [0.25, 0.3) is 0 Å². The molecular formula is C16H19NO3. The van der Waals surface area contributed by atoms with E-state index in [9.17, 15) is 9.59 Å². The van der Waals surface area contributed by atoms with Gasteiger partial charge in [-0.1, -0.05) is 18.2 Å². The first kappa shape index (κ1) is 14.3. The molecule has 4 nitrogen and oxygen atoms in total. The van der Waals surface area contributed by atoms with E-state index < -0.39 is 0 Å². The van der Waals surface area contributed by atoms with Crippen LogP contribution in [0.1, 0.15) is 36.5 Å². The largest absolute Gasteiger partial charge is 0.462 e. The number of amides is 1. The number of hydrogen-bond acceptors (Lipinski definition) is 3. The Labute approximate surface area is 118 Å². The molecule has 106 valence electrons. The summed E-state index contributed by atoms with van der Waals surface area (Å²) < 4.78 is 5.34. The zero-order valence-electron chi connectivity index (χ0n) is 11.6. The molecule has 1 aromatic rings. The van der Waals surface area contributed by atoms with E-state index in [1.807, 2.05) is 0 Å². The number of carbonyl (C=O) groups excluding carboxylic acids is 2. The fraction of sp³-hybridized carbons (Fsp3) is 0.375. The van der Waals surface area contributed by atoms with Gasteiger partial charge in [0.2, 0.25) is 5.91 Å². The van der Waals surface area contributed by atoms with Gasteiger partial charge in [-0.25, -0.2) is 4.79 Å². The second-order valence-corrected chi connectivity index (χ2v) is 5.01. The Hall–Kier alpha value is -2.10. The van der Waals surface area contributed by atoms with Crippen LogP contribution >= 0.6 is 0 Å². The van der Waals surface area contributed by atoms with Crippen LogP contribution in [-0.2, 0) is 9.53 Å². The molecule has 1 unspecified atom stereocenters. The predicted molar refractivity (Wildman–Crippen MR) is 77.5 cm³/mol. The van der Waals surface area contributed by atoms with Crippen LogP contribution in [0.3, 0.4) is 0 Å². The van der Waals surface area contributed by atoms with Gasteiger partial charge in [-0.05, 0) is 43.4 Å². The number of hydrogen-bond donors (Lipinski definition) is 1. The van der Waals surface area contributed by atoms with Crippen molar-refractivity contribution in [1.29, 1.82) is 0 Å². The Morgan fingerprint density at radius 2 is 2.20 bits per heavy atom. The molecule has 1 atom stereocenters. The summed E-state index contributed by atoms with van der Waals surface area (Å²) in [6.45, 7) is 1.88. The molecule has 4 heteroatoms. The molecule has 0 bridgehead atoms. The van der Waals surface area contributed by atoms with Gasteiger partial charge >= 0.3 is 5.97 Å². The number of anilines is 1. The van der Waals surface area contributed by atoms with Crippen molar-refractivity contribution >= 4 is 17.6 Å². The highest BCUT2D eigenvalue weighted by Gasteiger charge is 2.14. The van der Waals surface area contributed by atoms with E-state index in [1.165, 1.54) is 6.92 Å². The van der Waals surface area contributed by atoms with E-state index in [1.54, 1.807) is 24.3 Å². The maximum absolute atomic E-state index is 12.0. The standard InChI is InChI=1S/C16H19NO3/c1-12(18)17-15-9-5-8-14(10-15)16(19)20-11-13-6-3-2-4-7-13/h2-3,5,8-10,13H,4,6-7,11H2,1H3,(H,17,18). The molecule has 0 saturated carbocycles. The summed E-state index contributed by atoms with van der Waals surface area (Å²) in [7, 11) is 0. The lowest BCUT2D eigenvalue weighted by atomic mass is 9.95. The number of rotatable bonds is 4. The van der Waals surface area contributed by atoms with Crippen molar-refractivity contribution in [1.82, 2.24) is 0 Å². The molecule has 0 saturated heterocycles. The smallest absolute Gasteiger partial charge is 0.338 e. The van der Waals surface area contributed by atoms with E-state index in [0.29, 0.717) is 23.8 Å². The van der Waals surface area contributed by atoms with Crippen LogP contribution in [0, 0.1) is 5.92 Å². The Kier molecular flexibility index (Phi) is 4.93. The number of carbonyl (C=O) groups is 2. The molecular weight excluding hydrogens is 254 g/mol. The lowest BCUT2D eigenvalue weighted by Crippen LogP contribution is -2.15. The molecule has 1 N–H and O–H groups in total. The third-order valence-electron chi connectivity index (χ3n) is 3.25. The maximum atomic E-state index is 12.0. The van der Waals surface area contributed by atoms with Crippen LogP contribution < -0.4 is 5.32 Å². The molecule has 1 aliphatic carbocycles. The minimum atomic E-state index is -0.341. The van der Waals surface area contributed by atoms with Gasteiger partial charge in [-0.3, -0.25) is 4.79 Å². The molecule has 1 amide bonds. The van der Waals surface area contributed by atoms with Crippen molar-refractivity contribution < 1.29 is 14.3 Å². The molecule has 0 fully saturated rings. The van der Waals surface area contributed by atoms with Crippen molar-refractivity contribution in [3.63, 3.8) is 0 Å².